The Morgan fingerprint density at radius 2 is 1.83 bits per heavy atom. The van der Waals surface area contributed by atoms with Gasteiger partial charge in [0.25, 0.3) is 0 Å². The molecule has 1 fully saturated rings. The van der Waals surface area contributed by atoms with Crippen LogP contribution in [0, 0.1) is 35.0 Å². The molecule has 0 heterocycles. The third-order valence-corrected chi connectivity index (χ3v) is 4.20. The minimum Gasteiger partial charge on any atom is -0.355 e. The Bertz CT molecular complexity index is 298. The van der Waals surface area contributed by atoms with Crippen molar-refractivity contribution in [3.05, 3.63) is 0 Å². The predicted molar refractivity (Wildman–Crippen MR) is 72.7 cm³/mol. The minimum atomic E-state index is -0.503. The van der Waals surface area contributed by atoms with E-state index in [0.717, 1.165) is 12.5 Å². The second kappa shape index (κ2) is 7.41. The van der Waals surface area contributed by atoms with Gasteiger partial charge < -0.3 is 5.32 Å². The summed E-state index contributed by atoms with van der Waals surface area (Å²) in [7, 11) is 0. The molecule has 1 saturated carbocycles. The average Bonchev–Trinajstić information content (AvgIpc) is 2.37. The number of nitrogens with zero attached hydrogens (tertiary/aromatic N) is 1. The smallest absolute Gasteiger partial charge is 0.237 e. The molecule has 1 amide bonds. The third-order valence-electron chi connectivity index (χ3n) is 4.20. The molecular formula is C15H26N2O. The molecule has 0 radical (unpaired) electrons. The second-order valence-corrected chi connectivity index (χ2v) is 5.89. The summed E-state index contributed by atoms with van der Waals surface area (Å²) in [5.74, 6) is 0.996. The van der Waals surface area contributed by atoms with Crippen molar-refractivity contribution in [3.63, 3.8) is 0 Å². The van der Waals surface area contributed by atoms with Gasteiger partial charge in [-0.05, 0) is 30.6 Å². The van der Waals surface area contributed by atoms with Gasteiger partial charge in [0, 0.05) is 6.54 Å². The van der Waals surface area contributed by atoms with Crippen LogP contribution in [-0.2, 0) is 4.79 Å². The number of rotatable bonds is 5. The van der Waals surface area contributed by atoms with Crippen LogP contribution < -0.4 is 5.32 Å². The fraction of sp³-hybridized carbons (Fsp3) is 0.867. The first kappa shape index (κ1) is 15.0. The van der Waals surface area contributed by atoms with Gasteiger partial charge in [0.2, 0.25) is 5.91 Å². The second-order valence-electron chi connectivity index (χ2n) is 5.89. The fourth-order valence-electron chi connectivity index (χ4n) is 2.71. The zero-order valence-corrected chi connectivity index (χ0v) is 11.9. The topological polar surface area (TPSA) is 52.9 Å². The third kappa shape index (κ3) is 4.33. The van der Waals surface area contributed by atoms with Crippen LogP contribution in [0.25, 0.3) is 0 Å². The standard InChI is InChI=1S/C15H26N2O/c1-4-12-5-7-13(8-6-12)10-17-15(18)14(9-16)11(2)3/h11-14H,4-8,10H2,1-3H3,(H,17,18). The first-order valence-electron chi connectivity index (χ1n) is 7.25. The Balaban J connectivity index is 2.29. The van der Waals surface area contributed by atoms with Crippen LogP contribution in [0.5, 0.6) is 0 Å². The van der Waals surface area contributed by atoms with Crippen molar-refractivity contribution in [2.45, 2.75) is 52.9 Å². The van der Waals surface area contributed by atoms with E-state index in [2.05, 4.69) is 18.3 Å². The number of hydrogen-bond acceptors (Lipinski definition) is 2. The lowest BCUT2D eigenvalue weighted by Gasteiger charge is -2.28. The summed E-state index contributed by atoms with van der Waals surface area (Å²) in [6, 6.07) is 2.09. The van der Waals surface area contributed by atoms with Crippen molar-refractivity contribution in [2.24, 2.45) is 23.7 Å². The van der Waals surface area contributed by atoms with Crippen molar-refractivity contribution < 1.29 is 4.79 Å². The zero-order valence-electron chi connectivity index (χ0n) is 11.9. The highest BCUT2D eigenvalue weighted by molar-refractivity contribution is 5.81. The molecule has 1 unspecified atom stereocenters. The van der Waals surface area contributed by atoms with E-state index in [1.807, 2.05) is 13.8 Å². The molecule has 1 atom stereocenters. The van der Waals surface area contributed by atoms with E-state index in [4.69, 9.17) is 5.26 Å². The van der Waals surface area contributed by atoms with Crippen LogP contribution in [0.4, 0.5) is 0 Å². The summed E-state index contributed by atoms with van der Waals surface area (Å²) in [6.07, 6.45) is 6.31. The molecule has 0 spiro atoms. The normalized spacial score (nSPS) is 25.5. The first-order chi connectivity index (χ1) is 8.58. The Morgan fingerprint density at radius 1 is 1.28 bits per heavy atom. The van der Waals surface area contributed by atoms with Gasteiger partial charge in [0.15, 0.2) is 0 Å². The molecule has 0 saturated heterocycles. The maximum absolute atomic E-state index is 11.8. The van der Waals surface area contributed by atoms with Crippen molar-refractivity contribution in [1.29, 1.82) is 5.26 Å². The van der Waals surface area contributed by atoms with E-state index >= 15 is 0 Å². The van der Waals surface area contributed by atoms with Gasteiger partial charge in [-0.3, -0.25) is 4.79 Å². The maximum Gasteiger partial charge on any atom is 0.237 e. The highest BCUT2D eigenvalue weighted by Gasteiger charge is 2.24. The summed E-state index contributed by atoms with van der Waals surface area (Å²) in [5, 5.41) is 11.9. The monoisotopic (exact) mass is 250 g/mol. The molecule has 102 valence electrons. The fourth-order valence-corrected chi connectivity index (χ4v) is 2.71. The largest absolute Gasteiger partial charge is 0.355 e. The Hall–Kier alpha value is -1.04. The van der Waals surface area contributed by atoms with Gasteiger partial charge in [0.05, 0.1) is 6.07 Å². The summed E-state index contributed by atoms with van der Waals surface area (Å²) in [5.41, 5.74) is 0. The lowest BCUT2D eigenvalue weighted by Crippen LogP contribution is -2.36. The van der Waals surface area contributed by atoms with E-state index in [1.165, 1.54) is 32.1 Å². The highest BCUT2D eigenvalue weighted by Crippen LogP contribution is 2.30. The minimum absolute atomic E-state index is 0.0887. The highest BCUT2D eigenvalue weighted by atomic mass is 16.1. The molecule has 3 heteroatoms. The van der Waals surface area contributed by atoms with Gasteiger partial charge in [-0.25, -0.2) is 0 Å². The quantitative estimate of drug-likeness (QED) is 0.815. The molecule has 0 aliphatic heterocycles. The average molecular weight is 250 g/mol. The predicted octanol–water partition coefficient (Wildman–Crippen LogP) is 3.11. The zero-order chi connectivity index (χ0) is 13.5. The van der Waals surface area contributed by atoms with Gasteiger partial charge >= 0.3 is 0 Å². The molecule has 0 aromatic carbocycles. The van der Waals surface area contributed by atoms with Crippen LogP contribution in [-0.4, -0.2) is 12.5 Å². The number of hydrogen-bond donors (Lipinski definition) is 1. The van der Waals surface area contributed by atoms with Crippen LogP contribution in [0.2, 0.25) is 0 Å². The summed E-state index contributed by atoms with van der Waals surface area (Å²) < 4.78 is 0. The molecular weight excluding hydrogens is 224 g/mol. The van der Waals surface area contributed by atoms with Gasteiger partial charge in [0.1, 0.15) is 5.92 Å². The lowest BCUT2D eigenvalue weighted by atomic mass is 9.81. The molecule has 18 heavy (non-hydrogen) atoms. The molecule has 3 nitrogen and oxygen atoms in total. The molecule has 1 aliphatic carbocycles. The maximum atomic E-state index is 11.8. The van der Waals surface area contributed by atoms with E-state index in [-0.39, 0.29) is 11.8 Å². The molecule has 1 rings (SSSR count). The van der Waals surface area contributed by atoms with E-state index < -0.39 is 5.92 Å². The van der Waals surface area contributed by atoms with E-state index in [1.54, 1.807) is 0 Å². The van der Waals surface area contributed by atoms with Crippen LogP contribution >= 0.6 is 0 Å². The van der Waals surface area contributed by atoms with Crippen LogP contribution in [0.1, 0.15) is 52.9 Å². The number of carbonyl (C=O) groups excluding carboxylic acids is 1. The Labute approximate surface area is 111 Å². The number of nitriles is 1. The van der Waals surface area contributed by atoms with E-state index in [9.17, 15) is 4.79 Å². The van der Waals surface area contributed by atoms with Crippen LogP contribution in [0.3, 0.4) is 0 Å². The number of carbonyl (C=O) groups is 1. The van der Waals surface area contributed by atoms with Crippen molar-refractivity contribution in [2.75, 3.05) is 6.54 Å². The van der Waals surface area contributed by atoms with Gasteiger partial charge in [-0.2, -0.15) is 5.26 Å². The molecule has 1 aliphatic rings. The van der Waals surface area contributed by atoms with Crippen molar-refractivity contribution in [1.82, 2.24) is 5.32 Å². The number of amides is 1. The Morgan fingerprint density at radius 3 is 2.28 bits per heavy atom. The van der Waals surface area contributed by atoms with Gasteiger partial charge in [-0.1, -0.05) is 40.0 Å². The Kier molecular flexibility index (Phi) is 6.18. The van der Waals surface area contributed by atoms with Crippen LogP contribution in [0.15, 0.2) is 0 Å². The van der Waals surface area contributed by atoms with Gasteiger partial charge in [-0.15, -0.1) is 0 Å². The molecule has 0 bridgehead atoms. The number of nitrogens with one attached hydrogen (secondary N) is 1. The SMILES string of the molecule is CCC1CCC(CNC(=O)C(C#N)C(C)C)CC1. The molecule has 0 aromatic heterocycles. The van der Waals surface area contributed by atoms with E-state index in [0.29, 0.717) is 5.92 Å². The summed E-state index contributed by atoms with van der Waals surface area (Å²) in [4.78, 5) is 11.8. The van der Waals surface area contributed by atoms with Crippen molar-refractivity contribution >= 4 is 5.91 Å². The lowest BCUT2D eigenvalue weighted by molar-refractivity contribution is -0.124. The summed E-state index contributed by atoms with van der Waals surface area (Å²) >= 11 is 0. The molecule has 0 aromatic rings. The summed E-state index contributed by atoms with van der Waals surface area (Å²) in [6.45, 7) is 6.84. The first-order valence-corrected chi connectivity index (χ1v) is 7.25. The van der Waals surface area contributed by atoms with Crippen molar-refractivity contribution in [3.8, 4) is 6.07 Å². The molecule has 1 N–H and O–H groups in total.